The Labute approximate surface area is 172 Å². The molecule has 2 N–H and O–H groups in total. The van der Waals surface area contributed by atoms with Crippen LogP contribution in [0.2, 0.25) is 0 Å². The van der Waals surface area contributed by atoms with Crippen molar-refractivity contribution >= 4 is 23.2 Å². The second-order valence-corrected chi connectivity index (χ2v) is 7.23. The topological polar surface area (TPSA) is 70.7 Å². The van der Waals surface area contributed by atoms with Crippen LogP contribution in [-0.4, -0.2) is 49.6 Å². The van der Waals surface area contributed by atoms with E-state index in [4.69, 9.17) is 4.74 Å². The van der Waals surface area contributed by atoms with E-state index in [9.17, 15) is 9.59 Å². The van der Waals surface area contributed by atoms with Crippen LogP contribution in [0.4, 0.5) is 11.4 Å². The summed E-state index contributed by atoms with van der Waals surface area (Å²) in [5.74, 6) is -0.0635. The fourth-order valence-corrected chi connectivity index (χ4v) is 3.22. The molecule has 0 saturated carbocycles. The van der Waals surface area contributed by atoms with E-state index in [0.29, 0.717) is 32.6 Å². The van der Waals surface area contributed by atoms with Gasteiger partial charge in [0.15, 0.2) is 0 Å². The van der Waals surface area contributed by atoms with Gasteiger partial charge in [-0.2, -0.15) is 0 Å². The third-order valence-electron chi connectivity index (χ3n) is 5.00. The molecule has 0 spiro atoms. The molecular weight excluding hydrogens is 366 g/mol. The smallest absolute Gasteiger partial charge is 0.238 e. The van der Waals surface area contributed by atoms with Gasteiger partial charge >= 0.3 is 0 Å². The summed E-state index contributed by atoms with van der Waals surface area (Å²) in [6.07, 6.45) is 2.17. The number of ether oxygens (including phenoxy) is 1. The zero-order valence-electron chi connectivity index (χ0n) is 16.9. The number of hydrogen-bond acceptors (Lipinski definition) is 4. The molecule has 1 saturated heterocycles. The summed E-state index contributed by atoms with van der Waals surface area (Å²) in [4.78, 5) is 26.4. The summed E-state index contributed by atoms with van der Waals surface area (Å²) < 4.78 is 5.29. The van der Waals surface area contributed by atoms with Gasteiger partial charge in [-0.15, -0.1) is 0 Å². The predicted octanol–water partition coefficient (Wildman–Crippen LogP) is 3.09. The number of rotatable bonds is 8. The molecule has 29 heavy (non-hydrogen) atoms. The molecule has 1 aliphatic heterocycles. The first kappa shape index (κ1) is 21.0. The van der Waals surface area contributed by atoms with Gasteiger partial charge in [-0.1, -0.05) is 31.2 Å². The van der Waals surface area contributed by atoms with Gasteiger partial charge in [0.25, 0.3) is 0 Å². The molecule has 0 aliphatic carbocycles. The van der Waals surface area contributed by atoms with Gasteiger partial charge in [0.1, 0.15) is 0 Å². The summed E-state index contributed by atoms with van der Waals surface area (Å²) in [6, 6.07) is 15.6. The average molecular weight is 396 g/mol. The fraction of sp³-hybridized carbons (Fsp3) is 0.391. The van der Waals surface area contributed by atoms with Crippen LogP contribution < -0.4 is 10.6 Å². The number of hydrogen-bond donors (Lipinski definition) is 2. The van der Waals surface area contributed by atoms with Crippen molar-refractivity contribution in [3.63, 3.8) is 0 Å². The molecule has 1 aliphatic rings. The lowest BCUT2D eigenvalue weighted by molar-refractivity contribution is -0.118. The van der Waals surface area contributed by atoms with Crippen LogP contribution in [-0.2, 0) is 27.2 Å². The summed E-state index contributed by atoms with van der Waals surface area (Å²) in [5, 5.41) is 5.80. The Morgan fingerprint density at radius 3 is 2.00 bits per heavy atom. The monoisotopic (exact) mass is 395 g/mol. The van der Waals surface area contributed by atoms with Crippen molar-refractivity contribution in [2.45, 2.75) is 26.2 Å². The molecule has 0 radical (unpaired) electrons. The number of aryl methyl sites for hydroxylation is 2. The van der Waals surface area contributed by atoms with Crippen molar-refractivity contribution in [2.75, 3.05) is 43.5 Å². The maximum atomic E-state index is 12.2. The van der Waals surface area contributed by atoms with E-state index in [1.54, 1.807) is 24.3 Å². The summed E-state index contributed by atoms with van der Waals surface area (Å²) >= 11 is 0. The van der Waals surface area contributed by atoms with Crippen LogP contribution in [0, 0.1) is 0 Å². The van der Waals surface area contributed by atoms with Gasteiger partial charge in [-0.3, -0.25) is 14.5 Å². The van der Waals surface area contributed by atoms with E-state index in [0.717, 1.165) is 36.4 Å². The molecule has 0 bridgehead atoms. The third-order valence-corrected chi connectivity index (χ3v) is 5.00. The average Bonchev–Trinajstić information content (AvgIpc) is 2.75. The van der Waals surface area contributed by atoms with Crippen LogP contribution in [0.3, 0.4) is 0 Å². The van der Waals surface area contributed by atoms with Crippen molar-refractivity contribution in [3.05, 3.63) is 59.7 Å². The highest BCUT2D eigenvalue weighted by atomic mass is 16.5. The second kappa shape index (κ2) is 10.7. The lowest BCUT2D eigenvalue weighted by atomic mass is 10.1. The van der Waals surface area contributed by atoms with Gasteiger partial charge in [0, 0.05) is 30.9 Å². The van der Waals surface area contributed by atoms with Crippen LogP contribution in [0.25, 0.3) is 0 Å². The Kier molecular flexibility index (Phi) is 7.78. The van der Waals surface area contributed by atoms with Gasteiger partial charge < -0.3 is 15.4 Å². The molecule has 0 unspecified atom stereocenters. The van der Waals surface area contributed by atoms with E-state index >= 15 is 0 Å². The first-order valence-corrected chi connectivity index (χ1v) is 10.2. The largest absolute Gasteiger partial charge is 0.379 e. The highest BCUT2D eigenvalue weighted by molar-refractivity contribution is 5.93. The van der Waals surface area contributed by atoms with Crippen LogP contribution in [0.1, 0.15) is 24.5 Å². The summed E-state index contributed by atoms with van der Waals surface area (Å²) in [6.45, 7) is 5.39. The molecule has 2 aromatic rings. The van der Waals surface area contributed by atoms with Gasteiger partial charge in [0.2, 0.25) is 11.8 Å². The lowest BCUT2D eigenvalue weighted by Gasteiger charge is -2.25. The molecule has 1 heterocycles. The maximum Gasteiger partial charge on any atom is 0.238 e. The highest BCUT2D eigenvalue weighted by Crippen LogP contribution is 2.15. The number of carbonyl (C=O) groups is 2. The van der Waals surface area contributed by atoms with E-state index in [1.807, 2.05) is 0 Å². The van der Waals surface area contributed by atoms with E-state index < -0.39 is 0 Å². The number of nitrogens with one attached hydrogen (secondary N) is 2. The van der Waals surface area contributed by atoms with E-state index in [1.165, 1.54) is 5.56 Å². The molecule has 3 rings (SSSR count). The number of nitrogens with zero attached hydrogens (tertiary/aromatic N) is 1. The Hall–Kier alpha value is -2.70. The maximum absolute atomic E-state index is 12.2. The van der Waals surface area contributed by atoms with Crippen molar-refractivity contribution in [1.29, 1.82) is 0 Å². The number of carbonyl (C=O) groups excluding carboxylic acids is 2. The third kappa shape index (κ3) is 7.00. The molecule has 0 atom stereocenters. The first-order chi connectivity index (χ1) is 14.1. The standard InChI is InChI=1S/C23H29N3O3/c1-2-18-3-5-19(6-4-18)7-12-22(27)24-20-8-10-21(11-9-20)25-23(28)17-26-13-15-29-16-14-26/h3-6,8-11H,2,7,12-17H2,1H3,(H,24,27)(H,25,28). The van der Waals surface area contributed by atoms with Gasteiger partial charge in [-0.25, -0.2) is 0 Å². The quantitative estimate of drug-likeness (QED) is 0.721. The number of benzene rings is 2. The van der Waals surface area contributed by atoms with Crippen LogP contribution in [0.15, 0.2) is 48.5 Å². The molecule has 2 amide bonds. The predicted molar refractivity (Wildman–Crippen MR) is 115 cm³/mol. The number of amides is 2. The minimum atomic E-state index is -0.0437. The molecule has 6 nitrogen and oxygen atoms in total. The van der Waals surface area contributed by atoms with Crippen molar-refractivity contribution in [2.24, 2.45) is 0 Å². The molecule has 2 aromatic carbocycles. The second-order valence-electron chi connectivity index (χ2n) is 7.23. The lowest BCUT2D eigenvalue weighted by Crippen LogP contribution is -2.41. The van der Waals surface area contributed by atoms with Crippen LogP contribution in [0.5, 0.6) is 0 Å². The Morgan fingerprint density at radius 1 is 0.862 bits per heavy atom. The fourth-order valence-electron chi connectivity index (χ4n) is 3.22. The minimum Gasteiger partial charge on any atom is -0.379 e. The summed E-state index contributed by atoms with van der Waals surface area (Å²) in [5.41, 5.74) is 3.91. The summed E-state index contributed by atoms with van der Waals surface area (Å²) in [7, 11) is 0. The van der Waals surface area contributed by atoms with Crippen molar-refractivity contribution in [1.82, 2.24) is 4.90 Å². The zero-order valence-corrected chi connectivity index (χ0v) is 16.9. The molecule has 1 fully saturated rings. The molecular formula is C23H29N3O3. The Balaban J connectivity index is 1.41. The zero-order chi connectivity index (χ0) is 20.5. The van der Waals surface area contributed by atoms with Gasteiger partial charge in [0.05, 0.1) is 19.8 Å². The number of anilines is 2. The minimum absolute atomic E-state index is 0.0197. The molecule has 0 aromatic heterocycles. The van der Waals surface area contributed by atoms with Gasteiger partial charge in [-0.05, 0) is 48.2 Å². The molecule has 6 heteroatoms. The van der Waals surface area contributed by atoms with E-state index in [-0.39, 0.29) is 11.8 Å². The first-order valence-electron chi connectivity index (χ1n) is 10.2. The Morgan fingerprint density at radius 2 is 1.41 bits per heavy atom. The highest BCUT2D eigenvalue weighted by Gasteiger charge is 2.14. The number of morpholine rings is 1. The molecule has 154 valence electrons. The van der Waals surface area contributed by atoms with Crippen molar-refractivity contribution < 1.29 is 14.3 Å². The SMILES string of the molecule is CCc1ccc(CCC(=O)Nc2ccc(NC(=O)CN3CCOCC3)cc2)cc1. The van der Waals surface area contributed by atoms with E-state index in [2.05, 4.69) is 46.7 Å². The Bertz CT molecular complexity index is 797. The normalized spacial score (nSPS) is 14.4. The van der Waals surface area contributed by atoms with Crippen molar-refractivity contribution in [3.8, 4) is 0 Å². The van der Waals surface area contributed by atoms with Crippen LogP contribution >= 0.6 is 0 Å².